The van der Waals surface area contributed by atoms with Crippen LogP contribution in [0.25, 0.3) is 0 Å². The van der Waals surface area contributed by atoms with Crippen LogP contribution in [0.5, 0.6) is 5.75 Å². The van der Waals surface area contributed by atoms with E-state index >= 15 is 0 Å². The molecular formula is C20H36IN5O3. The van der Waals surface area contributed by atoms with E-state index in [1.54, 1.807) is 14.2 Å². The molecule has 0 heterocycles. The number of amides is 1. The Kier molecular flexibility index (Phi) is 16.3. The molecule has 9 heteroatoms. The summed E-state index contributed by atoms with van der Waals surface area (Å²) in [5.74, 6) is 1.32. The summed E-state index contributed by atoms with van der Waals surface area (Å²) >= 11 is 0. The normalized spacial score (nSPS) is 11.0. The number of hydrogen-bond acceptors (Lipinski definition) is 5. The predicted molar refractivity (Wildman–Crippen MR) is 128 cm³/mol. The molecular weight excluding hydrogens is 485 g/mol. The quantitative estimate of drug-likeness (QED) is 0.158. The van der Waals surface area contributed by atoms with Crippen molar-refractivity contribution in [1.82, 2.24) is 20.9 Å². The van der Waals surface area contributed by atoms with Gasteiger partial charge in [-0.1, -0.05) is 12.1 Å². The zero-order valence-electron chi connectivity index (χ0n) is 18.0. The molecule has 1 amide bonds. The van der Waals surface area contributed by atoms with Crippen molar-refractivity contribution < 1.29 is 14.3 Å². The second-order valence-electron chi connectivity index (χ2n) is 6.40. The minimum absolute atomic E-state index is 0. The zero-order chi connectivity index (χ0) is 20.6. The van der Waals surface area contributed by atoms with E-state index in [-0.39, 0.29) is 36.4 Å². The van der Waals surface area contributed by atoms with E-state index in [2.05, 4.69) is 32.9 Å². The van der Waals surface area contributed by atoms with E-state index in [9.17, 15) is 4.79 Å². The van der Waals surface area contributed by atoms with Crippen LogP contribution in [0.15, 0.2) is 29.3 Å². The average molecular weight is 521 g/mol. The highest BCUT2D eigenvalue weighted by Gasteiger charge is 2.04. The fourth-order valence-corrected chi connectivity index (χ4v) is 2.45. The third-order valence-electron chi connectivity index (χ3n) is 4.05. The van der Waals surface area contributed by atoms with Crippen molar-refractivity contribution in [2.24, 2.45) is 4.99 Å². The van der Waals surface area contributed by atoms with Gasteiger partial charge in [0.1, 0.15) is 12.3 Å². The Hall–Kier alpha value is -1.59. The van der Waals surface area contributed by atoms with Gasteiger partial charge in [-0.3, -0.25) is 4.79 Å². The van der Waals surface area contributed by atoms with Gasteiger partial charge in [0.2, 0.25) is 5.91 Å². The molecule has 0 atom stereocenters. The van der Waals surface area contributed by atoms with Crippen LogP contribution in [-0.2, 0) is 16.1 Å². The number of halogens is 1. The van der Waals surface area contributed by atoms with Crippen LogP contribution in [0.1, 0.15) is 18.9 Å². The minimum atomic E-state index is -0.121. The molecule has 0 aliphatic carbocycles. The van der Waals surface area contributed by atoms with Crippen LogP contribution in [0.2, 0.25) is 0 Å². The Labute approximate surface area is 191 Å². The van der Waals surface area contributed by atoms with Crippen LogP contribution >= 0.6 is 24.0 Å². The summed E-state index contributed by atoms with van der Waals surface area (Å²) in [7, 11) is 5.42. The third-order valence-corrected chi connectivity index (χ3v) is 4.05. The number of guanidine groups is 1. The molecule has 0 aromatic heterocycles. The first-order chi connectivity index (χ1) is 13.6. The molecule has 0 aliphatic rings. The maximum absolute atomic E-state index is 12.1. The highest BCUT2D eigenvalue weighted by Crippen LogP contribution is 2.10. The number of methoxy groups -OCH3 is 2. The molecule has 166 valence electrons. The monoisotopic (exact) mass is 521 g/mol. The van der Waals surface area contributed by atoms with E-state index < -0.39 is 0 Å². The molecule has 8 nitrogen and oxygen atoms in total. The lowest BCUT2D eigenvalue weighted by Gasteiger charge is -2.18. The Bertz CT molecular complexity index is 584. The summed E-state index contributed by atoms with van der Waals surface area (Å²) in [5.41, 5.74) is 1.01. The number of ether oxygens (including phenoxy) is 2. The first kappa shape index (κ1) is 27.4. The molecule has 29 heavy (non-hydrogen) atoms. The summed E-state index contributed by atoms with van der Waals surface area (Å²) in [5, 5.41) is 9.29. The molecule has 3 N–H and O–H groups in total. The summed E-state index contributed by atoms with van der Waals surface area (Å²) in [6, 6.07) is 7.60. The van der Waals surface area contributed by atoms with Crippen LogP contribution < -0.4 is 20.7 Å². The minimum Gasteiger partial charge on any atom is -0.497 e. The Morgan fingerprint density at radius 2 is 1.83 bits per heavy atom. The van der Waals surface area contributed by atoms with Crippen molar-refractivity contribution >= 4 is 35.8 Å². The molecule has 1 rings (SSSR count). The van der Waals surface area contributed by atoms with E-state index in [4.69, 9.17) is 9.47 Å². The zero-order valence-corrected chi connectivity index (χ0v) is 20.3. The standard InChI is InChI=1S/C20H35N5O3.HI/c1-5-21-20(22-11-13-25(2)12-6-14-27-3)24-16-19(26)23-15-17-7-9-18(28-4)10-8-17;/h7-10H,5-6,11-16H2,1-4H3,(H,23,26)(H2,21,22,24);1H. The van der Waals surface area contributed by atoms with Gasteiger partial charge in [0.15, 0.2) is 5.96 Å². The SMILES string of the molecule is CCNC(=NCC(=O)NCc1ccc(OC)cc1)NCCN(C)CCCOC.I. The van der Waals surface area contributed by atoms with Crippen LogP contribution in [0.4, 0.5) is 0 Å². The lowest BCUT2D eigenvalue weighted by molar-refractivity contribution is -0.119. The maximum atomic E-state index is 12.1. The van der Waals surface area contributed by atoms with Gasteiger partial charge < -0.3 is 30.3 Å². The molecule has 1 aromatic carbocycles. The van der Waals surface area contributed by atoms with E-state index in [1.165, 1.54) is 0 Å². The molecule has 0 radical (unpaired) electrons. The van der Waals surface area contributed by atoms with E-state index in [0.29, 0.717) is 12.5 Å². The number of hydrogen-bond donors (Lipinski definition) is 3. The second-order valence-corrected chi connectivity index (χ2v) is 6.40. The number of likely N-dealkylation sites (N-methyl/N-ethyl adjacent to an activating group) is 1. The van der Waals surface area contributed by atoms with Gasteiger partial charge in [0.25, 0.3) is 0 Å². The highest BCUT2D eigenvalue weighted by molar-refractivity contribution is 14.0. The second kappa shape index (κ2) is 17.3. The Balaban J connectivity index is 0.00000784. The molecule has 0 fully saturated rings. The van der Waals surface area contributed by atoms with Crippen LogP contribution in [0, 0.1) is 0 Å². The Morgan fingerprint density at radius 3 is 2.45 bits per heavy atom. The number of carbonyl (C=O) groups excluding carboxylic acids is 1. The van der Waals surface area contributed by atoms with Crippen molar-refractivity contribution in [3.63, 3.8) is 0 Å². The van der Waals surface area contributed by atoms with Crippen molar-refractivity contribution in [2.75, 3.05) is 60.6 Å². The van der Waals surface area contributed by atoms with Gasteiger partial charge >= 0.3 is 0 Å². The molecule has 0 saturated heterocycles. The van der Waals surface area contributed by atoms with Gasteiger partial charge in [-0.15, -0.1) is 24.0 Å². The topological polar surface area (TPSA) is 87.2 Å². The number of nitrogens with one attached hydrogen (secondary N) is 3. The molecule has 1 aromatic rings. The van der Waals surface area contributed by atoms with Gasteiger partial charge in [0, 0.05) is 46.4 Å². The summed E-state index contributed by atoms with van der Waals surface area (Å²) in [6.07, 6.45) is 1.01. The summed E-state index contributed by atoms with van der Waals surface area (Å²) < 4.78 is 10.2. The predicted octanol–water partition coefficient (Wildman–Crippen LogP) is 1.45. The van der Waals surface area contributed by atoms with E-state index in [0.717, 1.165) is 50.5 Å². The lowest BCUT2D eigenvalue weighted by Crippen LogP contribution is -2.41. The lowest BCUT2D eigenvalue weighted by atomic mass is 10.2. The van der Waals surface area contributed by atoms with Crippen molar-refractivity contribution in [3.8, 4) is 5.75 Å². The van der Waals surface area contributed by atoms with Crippen LogP contribution in [0.3, 0.4) is 0 Å². The fraction of sp³-hybridized carbons (Fsp3) is 0.600. The summed E-state index contributed by atoms with van der Waals surface area (Å²) in [4.78, 5) is 18.6. The smallest absolute Gasteiger partial charge is 0.242 e. The number of benzene rings is 1. The first-order valence-electron chi connectivity index (χ1n) is 9.68. The van der Waals surface area contributed by atoms with Crippen molar-refractivity contribution in [1.29, 1.82) is 0 Å². The highest BCUT2D eigenvalue weighted by atomic mass is 127. The molecule has 0 saturated carbocycles. The fourth-order valence-electron chi connectivity index (χ4n) is 2.45. The first-order valence-corrected chi connectivity index (χ1v) is 9.68. The van der Waals surface area contributed by atoms with Gasteiger partial charge in [-0.25, -0.2) is 4.99 Å². The third kappa shape index (κ3) is 13.3. The van der Waals surface area contributed by atoms with E-state index in [1.807, 2.05) is 31.2 Å². The van der Waals surface area contributed by atoms with Gasteiger partial charge in [-0.2, -0.15) is 0 Å². The van der Waals surface area contributed by atoms with Crippen molar-refractivity contribution in [3.05, 3.63) is 29.8 Å². The largest absolute Gasteiger partial charge is 0.497 e. The molecule has 0 bridgehead atoms. The average Bonchev–Trinajstić information content (AvgIpc) is 2.71. The van der Waals surface area contributed by atoms with Gasteiger partial charge in [-0.05, 0) is 38.1 Å². The summed E-state index contributed by atoms with van der Waals surface area (Å²) in [6.45, 7) is 6.68. The molecule has 0 unspecified atom stereocenters. The number of nitrogens with zero attached hydrogens (tertiary/aromatic N) is 2. The molecule has 0 spiro atoms. The molecule has 0 aliphatic heterocycles. The number of carbonyl (C=O) groups is 1. The number of rotatable bonds is 13. The van der Waals surface area contributed by atoms with Gasteiger partial charge in [0.05, 0.1) is 7.11 Å². The number of aliphatic imine (C=N–C) groups is 1. The Morgan fingerprint density at radius 1 is 1.10 bits per heavy atom. The van der Waals surface area contributed by atoms with Crippen LogP contribution in [-0.4, -0.2) is 77.4 Å². The maximum Gasteiger partial charge on any atom is 0.242 e. The van der Waals surface area contributed by atoms with Crippen molar-refractivity contribution in [2.45, 2.75) is 19.9 Å².